The number of hydrogen-bond donors (Lipinski definition) is 7. The highest BCUT2D eigenvalue weighted by Crippen LogP contribution is 2.46. The molecule has 0 bridgehead atoms. The number of carbonyl (C=O) groups excluding carboxylic acids is 3. The number of hydrogen-bond acceptors (Lipinski definition) is 14. The van der Waals surface area contributed by atoms with Crippen LogP contribution in [0.4, 0.5) is 5.13 Å². The van der Waals surface area contributed by atoms with Crippen molar-refractivity contribution in [1.29, 1.82) is 5.41 Å². The summed E-state index contributed by atoms with van der Waals surface area (Å²) >= 11 is 4.84. The van der Waals surface area contributed by atoms with E-state index in [2.05, 4.69) is 31.1 Å². The fraction of sp³-hybridized carbons (Fsp3) is 0.238. The number of nitrogens with one attached hydrogen (secondary N) is 4. The lowest BCUT2D eigenvalue weighted by Gasteiger charge is -2.49. The molecule has 2 aromatic heterocycles. The number of aliphatic carboxylic acids is 1. The summed E-state index contributed by atoms with van der Waals surface area (Å²) in [6, 6.07) is 0.673. The Labute approximate surface area is 242 Å². The number of carbonyl (C=O) groups is 4. The van der Waals surface area contributed by atoms with Crippen molar-refractivity contribution in [3.05, 3.63) is 40.1 Å². The van der Waals surface area contributed by atoms with Gasteiger partial charge in [-0.25, -0.2) is 9.78 Å². The van der Waals surface area contributed by atoms with Crippen molar-refractivity contribution in [2.45, 2.75) is 27.4 Å². The van der Waals surface area contributed by atoms with Crippen LogP contribution in [0, 0.1) is 5.41 Å². The second-order valence-electron chi connectivity index (χ2n) is 7.84. The normalized spacial score (nSPS) is 19.2. The monoisotopic (exact) mass is 623 g/mol. The number of rotatable bonds is 13. The molecule has 3 atom stereocenters. The van der Waals surface area contributed by atoms with E-state index in [0.717, 1.165) is 22.6 Å². The molecular formula is C21H21N9O6S4. The number of thiazole rings is 1. The molecular weight excluding hydrogens is 603 g/mol. The van der Waals surface area contributed by atoms with Crippen LogP contribution in [0.2, 0.25) is 0 Å². The zero-order valence-electron chi connectivity index (χ0n) is 20.1. The van der Waals surface area contributed by atoms with E-state index < -0.39 is 41.1 Å². The largest absolute Gasteiger partial charge is 0.477 e. The number of anilines is 1. The quantitative estimate of drug-likeness (QED) is 0.0230. The standard InChI is InChI=1S/C21H21N9O6S4/c22-7-25-13(26-8-31)6-37-11-3-24-2-1-10(11)40-12-5-38-19-15(18(33)30(19)16(12)20(34)35)28-17(32)14(29-36)9-4-39-21(23)27-9/h1-4,7-8,13,15,19,36H,5-6H2,(H2,22,25)(H2,23,27)(H,26,31)(H,28,32)(H,34,35)/b29-14-/t13?,15-,19+/m1/s1. The molecule has 0 radical (unpaired) electrons. The predicted molar refractivity (Wildman–Crippen MR) is 150 cm³/mol. The average molecular weight is 624 g/mol. The van der Waals surface area contributed by atoms with Gasteiger partial charge in [0, 0.05) is 44.0 Å². The van der Waals surface area contributed by atoms with Gasteiger partial charge in [0.25, 0.3) is 11.8 Å². The van der Waals surface area contributed by atoms with E-state index in [0.29, 0.717) is 26.9 Å². The Kier molecular flexibility index (Phi) is 9.50. The van der Waals surface area contributed by atoms with Gasteiger partial charge in [-0.05, 0) is 6.07 Å². The number of nitrogens with two attached hydrogens (primary N) is 1. The van der Waals surface area contributed by atoms with Crippen molar-refractivity contribution in [3.63, 3.8) is 0 Å². The summed E-state index contributed by atoms with van der Waals surface area (Å²) in [4.78, 5) is 59.9. The summed E-state index contributed by atoms with van der Waals surface area (Å²) in [5.41, 5.74) is 5.01. The second-order valence-corrected chi connectivity index (χ2v) is 12.0. The van der Waals surface area contributed by atoms with E-state index in [9.17, 15) is 29.5 Å². The van der Waals surface area contributed by atoms with E-state index in [1.807, 2.05) is 0 Å². The summed E-state index contributed by atoms with van der Waals surface area (Å²) in [5.74, 6) is -2.18. The lowest BCUT2D eigenvalue weighted by atomic mass is 10.0. The van der Waals surface area contributed by atoms with Gasteiger partial charge in [-0.15, -0.1) is 34.9 Å². The van der Waals surface area contributed by atoms with Crippen LogP contribution in [-0.4, -0.2) is 90.5 Å². The molecule has 1 unspecified atom stereocenters. The Morgan fingerprint density at radius 3 is 2.83 bits per heavy atom. The number of β-lactam (4-membered cyclic amide) rings is 1. The van der Waals surface area contributed by atoms with Crippen molar-refractivity contribution >= 4 is 88.0 Å². The molecule has 1 fully saturated rings. The van der Waals surface area contributed by atoms with Crippen LogP contribution in [-0.2, 0) is 19.2 Å². The van der Waals surface area contributed by atoms with Crippen LogP contribution in [0.5, 0.6) is 0 Å². The fourth-order valence-electron chi connectivity index (χ4n) is 3.68. The van der Waals surface area contributed by atoms with Gasteiger partial charge in [-0.2, -0.15) is 0 Å². The maximum Gasteiger partial charge on any atom is 0.353 e. The van der Waals surface area contributed by atoms with Crippen molar-refractivity contribution in [1.82, 2.24) is 30.8 Å². The third-order valence-corrected chi connectivity index (χ3v) is 10.0. The highest BCUT2D eigenvalue weighted by atomic mass is 32.2. The topological polar surface area (TPSA) is 236 Å². The highest BCUT2D eigenvalue weighted by molar-refractivity contribution is 8.07. The Morgan fingerprint density at radius 2 is 2.17 bits per heavy atom. The average Bonchev–Trinajstić information content (AvgIpc) is 3.36. The minimum atomic E-state index is -1.30. The minimum Gasteiger partial charge on any atom is -0.477 e. The van der Waals surface area contributed by atoms with Gasteiger partial charge < -0.3 is 32.0 Å². The van der Waals surface area contributed by atoms with Gasteiger partial charge >= 0.3 is 5.97 Å². The zero-order chi connectivity index (χ0) is 28.8. The number of fused-ring (bicyclic) bond motifs is 1. The molecule has 0 aromatic carbocycles. The molecule has 2 aliphatic rings. The first kappa shape index (κ1) is 29.2. The molecule has 15 nitrogen and oxygen atoms in total. The summed E-state index contributed by atoms with van der Waals surface area (Å²) in [7, 11) is 0. The lowest BCUT2D eigenvalue weighted by Crippen LogP contribution is -2.71. The first-order valence-corrected chi connectivity index (χ1v) is 14.9. The van der Waals surface area contributed by atoms with Gasteiger partial charge in [-0.3, -0.25) is 29.7 Å². The number of aromatic nitrogens is 2. The molecule has 210 valence electrons. The fourth-order valence-corrected chi connectivity index (χ4v) is 7.88. The molecule has 19 heteroatoms. The van der Waals surface area contributed by atoms with Gasteiger partial charge in [0.2, 0.25) is 6.41 Å². The highest BCUT2D eigenvalue weighted by Gasteiger charge is 2.54. The first-order valence-electron chi connectivity index (χ1n) is 11.1. The molecule has 0 spiro atoms. The second kappa shape index (κ2) is 13.0. The molecule has 2 aliphatic heterocycles. The lowest BCUT2D eigenvalue weighted by molar-refractivity contribution is -0.150. The van der Waals surface area contributed by atoms with Crippen LogP contribution in [0.25, 0.3) is 0 Å². The SMILES string of the molecule is N=CNC(CSc1cnccc1SC1=C(C(=O)O)N2C(=O)[C@@H](NC(=O)/C(=N\O)c3csc(N)n3)[C@@H]2SC1)NC=O. The van der Waals surface area contributed by atoms with E-state index in [4.69, 9.17) is 11.1 Å². The Bertz CT molecular complexity index is 1390. The number of thioether (sulfide) groups is 3. The zero-order valence-corrected chi connectivity index (χ0v) is 23.4. The van der Waals surface area contributed by atoms with Gasteiger partial charge in [0.15, 0.2) is 10.8 Å². The van der Waals surface area contributed by atoms with Crippen LogP contribution in [0.1, 0.15) is 5.69 Å². The molecule has 3 amide bonds. The Balaban J connectivity index is 1.50. The Hall–Kier alpha value is -3.81. The molecule has 40 heavy (non-hydrogen) atoms. The minimum absolute atomic E-state index is 0.0418. The molecule has 2 aromatic rings. The number of nitrogens with zero attached hydrogens (tertiary/aromatic N) is 4. The number of amides is 3. The van der Waals surface area contributed by atoms with E-state index >= 15 is 0 Å². The maximum absolute atomic E-state index is 13.0. The molecule has 8 N–H and O–H groups in total. The molecule has 0 saturated carbocycles. The van der Waals surface area contributed by atoms with E-state index in [1.54, 1.807) is 18.5 Å². The van der Waals surface area contributed by atoms with Crippen molar-refractivity contribution in [3.8, 4) is 0 Å². The molecule has 1 saturated heterocycles. The van der Waals surface area contributed by atoms with Crippen LogP contribution >= 0.6 is 46.6 Å². The number of pyridine rings is 1. The van der Waals surface area contributed by atoms with Crippen LogP contribution in [0.15, 0.2) is 49.4 Å². The first-order chi connectivity index (χ1) is 19.3. The number of nitrogen functional groups attached to an aromatic ring is 1. The van der Waals surface area contributed by atoms with Gasteiger partial charge in [0.05, 0.1) is 6.34 Å². The number of carboxylic acid groups (broad SMARTS) is 1. The van der Waals surface area contributed by atoms with E-state index in [1.165, 1.54) is 40.7 Å². The summed E-state index contributed by atoms with van der Waals surface area (Å²) in [5, 5.41) is 38.2. The van der Waals surface area contributed by atoms with Crippen molar-refractivity contribution in [2.24, 2.45) is 5.16 Å². The van der Waals surface area contributed by atoms with Crippen LogP contribution < -0.4 is 21.7 Å². The Morgan fingerprint density at radius 1 is 1.38 bits per heavy atom. The molecule has 4 rings (SSSR count). The van der Waals surface area contributed by atoms with Crippen molar-refractivity contribution < 1.29 is 29.5 Å². The smallest absolute Gasteiger partial charge is 0.353 e. The molecule has 4 heterocycles. The summed E-state index contributed by atoms with van der Waals surface area (Å²) < 4.78 is 0. The van der Waals surface area contributed by atoms with Gasteiger partial charge in [-0.1, -0.05) is 16.9 Å². The maximum atomic E-state index is 13.0. The predicted octanol–water partition coefficient (Wildman–Crippen LogP) is 0.148. The van der Waals surface area contributed by atoms with Gasteiger partial charge in [0.1, 0.15) is 29.0 Å². The third kappa shape index (κ3) is 6.16. The molecule has 0 aliphatic carbocycles. The van der Waals surface area contributed by atoms with Crippen LogP contribution in [0.3, 0.4) is 0 Å². The summed E-state index contributed by atoms with van der Waals surface area (Å²) in [6.07, 6.45) is 4.14. The number of carboxylic acids is 1. The van der Waals surface area contributed by atoms with Crippen molar-refractivity contribution in [2.75, 3.05) is 17.2 Å². The number of oxime groups is 1. The summed E-state index contributed by atoms with van der Waals surface area (Å²) in [6.45, 7) is 0. The third-order valence-electron chi connectivity index (χ3n) is 5.44. The van der Waals surface area contributed by atoms with E-state index in [-0.39, 0.29) is 22.3 Å².